The molecule has 30 heavy (non-hydrogen) atoms. The summed E-state index contributed by atoms with van der Waals surface area (Å²) in [5.41, 5.74) is 1.57. The summed E-state index contributed by atoms with van der Waals surface area (Å²) in [5.74, 6) is 0.644. The lowest BCUT2D eigenvalue weighted by Gasteiger charge is -2.04. The van der Waals surface area contributed by atoms with Gasteiger partial charge in [0.1, 0.15) is 30.3 Å². The number of rotatable bonds is 7. The minimum atomic E-state index is -0.486. The molecule has 0 radical (unpaired) electrons. The van der Waals surface area contributed by atoms with E-state index < -0.39 is 5.91 Å². The maximum absolute atomic E-state index is 13.8. The molecule has 2 aromatic carbocycles. The van der Waals surface area contributed by atoms with E-state index in [1.54, 1.807) is 30.3 Å². The Morgan fingerprint density at radius 2 is 2.03 bits per heavy atom. The Hall–Kier alpha value is -3.94. The Morgan fingerprint density at radius 1 is 1.17 bits per heavy atom. The van der Waals surface area contributed by atoms with Crippen LogP contribution in [0.3, 0.4) is 0 Å². The molecule has 7 nitrogen and oxygen atoms in total. The fourth-order valence-electron chi connectivity index (χ4n) is 2.83. The second kappa shape index (κ2) is 8.60. The molecule has 0 spiro atoms. The Kier molecular flexibility index (Phi) is 5.56. The molecule has 0 saturated carbocycles. The van der Waals surface area contributed by atoms with Gasteiger partial charge in [0.25, 0.3) is 5.91 Å². The molecule has 0 aliphatic rings. The highest BCUT2D eigenvalue weighted by atomic mass is 19.1. The number of hydrogen-bond acceptors (Lipinski definition) is 5. The maximum Gasteiger partial charge on any atom is 0.293 e. The third-order valence-electron chi connectivity index (χ3n) is 4.31. The van der Waals surface area contributed by atoms with E-state index in [1.165, 1.54) is 17.1 Å². The van der Waals surface area contributed by atoms with E-state index in [0.717, 1.165) is 11.3 Å². The van der Waals surface area contributed by atoms with Crippen molar-refractivity contribution in [2.75, 3.05) is 5.32 Å². The zero-order chi connectivity index (χ0) is 20.9. The second-order valence-corrected chi connectivity index (χ2v) is 6.68. The van der Waals surface area contributed by atoms with Crippen LogP contribution in [0.4, 0.5) is 10.3 Å². The molecule has 2 heterocycles. The second-order valence-electron chi connectivity index (χ2n) is 6.68. The highest BCUT2D eigenvalue weighted by Gasteiger charge is 2.14. The van der Waals surface area contributed by atoms with Crippen molar-refractivity contribution in [3.63, 3.8) is 0 Å². The quantitative estimate of drug-likeness (QED) is 0.497. The van der Waals surface area contributed by atoms with Crippen LogP contribution in [0.5, 0.6) is 5.75 Å². The predicted octanol–water partition coefficient (Wildman–Crippen LogP) is 4.20. The van der Waals surface area contributed by atoms with E-state index in [4.69, 9.17) is 9.15 Å². The van der Waals surface area contributed by atoms with Gasteiger partial charge in [-0.05, 0) is 42.8 Å². The van der Waals surface area contributed by atoms with Crippen molar-refractivity contribution in [2.24, 2.45) is 0 Å². The molecule has 8 heteroatoms. The summed E-state index contributed by atoms with van der Waals surface area (Å²) in [5, 5.41) is 6.71. The molecule has 0 aliphatic carbocycles. The molecule has 0 atom stereocenters. The highest BCUT2D eigenvalue weighted by molar-refractivity contribution is 6.01. The number of benzene rings is 2. The third kappa shape index (κ3) is 4.72. The van der Waals surface area contributed by atoms with Gasteiger partial charge in [0.15, 0.2) is 5.76 Å². The molecule has 1 N–H and O–H groups in total. The molecule has 0 saturated heterocycles. The molecule has 4 aromatic rings. The zero-order valence-corrected chi connectivity index (χ0v) is 16.2. The molecule has 0 fully saturated rings. The monoisotopic (exact) mass is 406 g/mol. The van der Waals surface area contributed by atoms with E-state index in [1.807, 2.05) is 31.2 Å². The van der Waals surface area contributed by atoms with Gasteiger partial charge in [-0.1, -0.05) is 30.3 Å². The van der Waals surface area contributed by atoms with Gasteiger partial charge in [0, 0.05) is 5.56 Å². The van der Waals surface area contributed by atoms with Crippen molar-refractivity contribution in [3.05, 3.63) is 95.5 Å². The first-order valence-electron chi connectivity index (χ1n) is 9.29. The van der Waals surface area contributed by atoms with Crippen LogP contribution >= 0.6 is 0 Å². The van der Waals surface area contributed by atoms with Gasteiger partial charge in [-0.15, -0.1) is 5.10 Å². The molecule has 152 valence electrons. The van der Waals surface area contributed by atoms with Gasteiger partial charge in [0.05, 0.1) is 6.54 Å². The third-order valence-corrected chi connectivity index (χ3v) is 4.31. The fourth-order valence-corrected chi connectivity index (χ4v) is 2.83. The number of furan rings is 1. The number of carbonyl (C=O) groups is 1. The highest BCUT2D eigenvalue weighted by Crippen LogP contribution is 2.16. The molecule has 1 amide bonds. The number of nitrogens with one attached hydrogen (secondary N) is 1. The minimum Gasteiger partial charge on any atom is -0.486 e. The summed E-state index contributed by atoms with van der Waals surface area (Å²) in [6.45, 7) is 2.39. The molecule has 0 unspecified atom stereocenters. The maximum atomic E-state index is 13.8. The molecule has 4 rings (SSSR count). The average molecular weight is 406 g/mol. The number of anilines is 1. The number of carbonyl (C=O) groups excluding carboxylic acids is 1. The summed E-state index contributed by atoms with van der Waals surface area (Å²) in [6, 6.07) is 17.3. The Bertz CT molecular complexity index is 1170. The average Bonchev–Trinajstić information content (AvgIpc) is 3.38. The number of hydrogen-bond donors (Lipinski definition) is 1. The Labute approximate surface area is 172 Å². The van der Waals surface area contributed by atoms with E-state index in [-0.39, 0.29) is 30.7 Å². The number of aromatic nitrogens is 3. The van der Waals surface area contributed by atoms with Crippen molar-refractivity contribution in [1.29, 1.82) is 0 Å². The summed E-state index contributed by atoms with van der Waals surface area (Å²) in [7, 11) is 0. The first kappa shape index (κ1) is 19.4. The molecule has 0 bridgehead atoms. The topological polar surface area (TPSA) is 82.2 Å². The van der Waals surface area contributed by atoms with Gasteiger partial charge in [-0.25, -0.2) is 14.1 Å². The lowest BCUT2D eigenvalue weighted by Crippen LogP contribution is -2.12. The lowest BCUT2D eigenvalue weighted by atomic mass is 10.2. The van der Waals surface area contributed by atoms with Gasteiger partial charge in [0.2, 0.25) is 5.95 Å². The zero-order valence-electron chi connectivity index (χ0n) is 16.2. The van der Waals surface area contributed by atoms with E-state index in [9.17, 15) is 9.18 Å². The van der Waals surface area contributed by atoms with Crippen LogP contribution in [-0.4, -0.2) is 20.7 Å². The van der Waals surface area contributed by atoms with Gasteiger partial charge < -0.3 is 9.15 Å². The van der Waals surface area contributed by atoms with Crippen molar-refractivity contribution in [2.45, 2.75) is 20.1 Å². The van der Waals surface area contributed by atoms with Crippen LogP contribution in [0.2, 0.25) is 0 Å². The number of aryl methyl sites for hydroxylation is 1. The van der Waals surface area contributed by atoms with Gasteiger partial charge in [-0.3, -0.25) is 10.1 Å². The summed E-state index contributed by atoms with van der Waals surface area (Å²) >= 11 is 0. The van der Waals surface area contributed by atoms with Gasteiger partial charge in [-0.2, -0.15) is 0 Å². The molecular formula is C22H19FN4O3. The SMILES string of the molecule is Cc1cccc(OCc2ccc(C(=O)Nc3ncn(Cc4ccccc4F)n3)o2)c1. The predicted molar refractivity (Wildman–Crippen MR) is 108 cm³/mol. The van der Waals surface area contributed by atoms with Crippen molar-refractivity contribution in [3.8, 4) is 5.75 Å². The fraction of sp³-hybridized carbons (Fsp3) is 0.136. The van der Waals surface area contributed by atoms with Gasteiger partial charge >= 0.3 is 0 Å². The lowest BCUT2D eigenvalue weighted by molar-refractivity contribution is 0.0991. The number of ether oxygens (including phenoxy) is 1. The first-order chi connectivity index (χ1) is 14.6. The number of nitrogens with zero attached hydrogens (tertiary/aromatic N) is 3. The van der Waals surface area contributed by atoms with Crippen LogP contribution in [-0.2, 0) is 13.2 Å². The summed E-state index contributed by atoms with van der Waals surface area (Å²) in [6.07, 6.45) is 1.42. The normalized spacial score (nSPS) is 10.7. The van der Waals surface area contributed by atoms with Crippen molar-refractivity contribution >= 4 is 11.9 Å². The standard InChI is InChI=1S/C22H19FN4O3/c1-15-5-4-7-17(11-15)29-13-18-9-10-20(30-18)21(28)25-22-24-14-27(26-22)12-16-6-2-3-8-19(16)23/h2-11,14H,12-13H2,1H3,(H,25,26,28). The van der Waals surface area contributed by atoms with Crippen LogP contribution in [0.1, 0.15) is 27.4 Å². The molecular weight excluding hydrogens is 387 g/mol. The largest absolute Gasteiger partial charge is 0.486 e. The van der Waals surface area contributed by atoms with Crippen LogP contribution in [0.25, 0.3) is 0 Å². The van der Waals surface area contributed by atoms with Crippen LogP contribution in [0.15, 0.2) is 71.4 Å². The molecule has 0 aliphatic heterocycles. The number of halogens is 1. The Balaban J connectivity index is 1.34. The smallest absolute Gasteiger partial charge is 0.293 e. The summed E-state index contributed by atoms with van der Waals surface area (Å²) < 4.78 is 26.4. The van der Waals surface area contributed by atoms with Crippen LogP contribution < -0.4 is 10.1 Å². The number of amides is 1. The van der Waals surface area contributed by atoms with Crippen LogP contribution in [0, 0.1) is 12.7 Å². The summed E-state index contributed by atoms with van der Waals surface area (Å²) in [4.78, 5) is 16.4. The Morgan fingerprint density at radius 3 is 2.87 bits per heavy atom. The van der Waals surface area contributed by atoms with E-state index in [0.29, 0.717) is 11.3 Å². The molecule has 2 aromatic heterocycles. The van der Waals surface area contributed by atoms with Crippen molar-refractivity contribution in [1.82, 2.24) is 14.8 Å². The van der Waals surface area contributed by atoms with E-state index in [2.05, 4.69) is 15.4 Å². The minimum absolute atomic E-state index is 0.102. The van der Waals surface area contributed by atoms with E-state index >= 15 is 0 Å². The van der Waals surface area contributed by atoms with Crippen molar-refractivity contribution < 1.29 is 18.3 Å². The first-order valence-corrected chi connectivity index (χ1v) is 9.29.